The molecule has 0 N–H and O–H groups in total. The molecule has 0 atom stereocenters. The molecule has 0 unspecified atom stereocenters. The van der Waals surface area contributed by atoms with Crippen molar-refractivity contribution in [3.05, 3.63) is 65.2 Å². The van der Waals surface area contributed by atoms with Gasteiger partial charge in [-0.2, -0.15) is 0 Å². The van der Waals surface area contributed by atoms with Crippen LogP contribution in [0.1, 0.15) is 17.1 Å². The second-order valence-corrected chi connectivity index (χ2v) is 7.35. The van der Waals surface area contributed by atoms with Gasteiger partial charge in [0.1, 0.15) is 12.0 Å². The van der Waals surface area contributed by atoms with Gasteiger partial charge in [0.15, 0.2) is 6.61 Å². The van der Waals surface area contributed by atoms with Gasteiger partial charge in [0.25, 0.3) is 11.1 Å². The molecular formula is C18H15N3O3S2. The molecule has 0 saturated carbocycles. The summed E-state index contributed by atoms with van der Waals surface area (Å²) in [6, 6.07) is 11.8. The smallest absolute Gasteiger partial charge is 0.277 e. The van der Waals surface area contributed by atoms with Crippen LogP contribution in [0.15, 0.2) is 62.1 Å². The largest absolute Gasteiger partial charge is 0.484 e. The van der Waals surface area contributed by atoms with Crippen LogP contribution in [-0.4, -0.2) is 15.2 Å². The normalized spacial score (nSPS) is 11.0. The van der Waals surface area contributed by atoms with Crippen molar-refractivity contribution >= 4 is 23.1 Å². The van der Waals surface area contributed by atoms with Gasteiger partial charge in [0.2, 0.25) is 5.89 Å². The van der Waals surface area contributed by atoms with E-state index in [-0.39, 0.29) is 6.61 Å². The zero-order valence-corrected chi connectivity index (χ0v) is 15.5. The molecule has 0 radical (unpaired) electrons. The maximum Gasteiger partial charge on any atom is 0.277 e. The number of hydrogen-bond donors (Lipinski definition) is 0. The van der Waals surface area contributed by atoms with Gasteiger partial charge in [0, 0.05) is 5.75 Å². The molecule has 4 aromatic rings. The minimum absolute atomic E-state index is 0.239. The van der Waals surface area contributed by atoms with E-state index in [0.29, 0.717) is 22.8 Å². The first-order valence-electron chi connectivity index (χ1n) is 7.89. The average molecular weight is 385 g/mol. The molecule has 1 aromatic carbocycles. The highest BCUT2D eigenvalue weighted by Gasteiger charge is 2.11. The fourth-order valence-electron chi connectivity index (χ4n) is 2.16. The Kier molecular flexibility index (Phi) is 5.03. The summed E-state index contributed by atoms with van der Waals surface area (Å²) in [6.45, 7) is 2.27. The van der Waals surface area contributed by atoms with Crippen molar-refractivity contribution in [2.45, 2.75) is 24.5 Å². The number of benzene rings is 1. The van der Waals surface area contributed by atoms with Gasteiger partial charge in [-0.15, -0.1) is 21.5 Å². The van der Waals surface area contributed by atoms with Crippen LogP contribution in [0.25, 0.3) is 10.8 Å². The highest BCUT2D eigenvalue weighted by atomic mass is 32.2. The number of ether oxygens (including phenoxy) is 1. The van der Waals surface area contributed by atoms with E-state index >= 15 is 0 Å². The lowest BCUT2D eigenvalue weighted by molar-refractivity contribution is 0.252. The minimum Gasteiger partial charge on any atom is -0.484 e. The van der Waals surface area contributed by atoms with Gasteiger partial charge in [-0.05, 0) is 30.5 Å². The number of aryl methyl sites for hydroxylation is 1. The van der Waals surface area contributed by atoms with Crippen molar-refractivity contribution in [2.75, 3.05) is 0 Å². The molecule has 0 aliphatic rings. The number of aromatic nitrogens is 3. The number of oxazole rings is 1. The number of thioether (sulfide) groups is 1. The first kappa shape index (κ1) is 16.9. The molecule has 0 amide bonds. The van der Waals surface area contributed by atoms with E-state index in [1.807, 2.05) is 48.7 Å². The van der Waals surface area contributed by atoms with Crippen LogP contribution in [-0.2, 0) is 12.4 Å². The van der Waals surface area contributed by atoms with E-state index < -0.39 is 0 Å². The summed E-state index contributed by atoms with van der Waals surface area (Å²) < 4.78 is 16.7. The van der Waals surface area contributed by atoms with Crippen LogP contribution in [0, 0.1) is 6.92 Å². The van der Waals surface area contributed by atoms with Crippen LogP contribution in [0.2, 0.25) is 0 Å². The fraction of sp³-hybridized carbons (Fsp3) is 0.167. The summed E-state index contributed by atoms with van der Waals surface area (Å²) >= 11 is 3.01. The van der Waals surface area contributed by atoms with Crippen molar-refractivity contribution in [1.82, 2.24) is 15.2 Å². The van der Waals surface area contributed by atoms with E-state index in [1.54, 1.807) is 17.6 Å². The third-order valence-corrected chi connectivity index (χ3v) is 5.17. The van der Waals surface area contributed by atoms with Crippen LogP contribution < -0.4 is 4.74 Å². The number of hydrogen-bond acceptors (Lipinski definition) is 8. The number of nitrogens with zero attached hydrogens (tertiary/aromatic N) is 3. The standard InChI is InChI=1S/C18H15N3O3S2/c1-12-4-6-14(7-5-12)22-10-16-20-21-18(24-16)26-11-13-9-23-17(19-13)15-3-2-8-25-15/h2-9H,10-11H2,1H3. The first-order chi connectivity index (χ1) is 12.8. The molecule has 3 heterocycles. The summed E-state index contributed by atoms with van der Waals surface area (Å²) in [6.07, 6.45) is 1.65. The first-order valence-corrected chi connectivity index (χ1v) is 9.76. The Hall–Kier alpha value is -2.58. The number of rotatable bonds is 7. The summed E-state index contributed by atoms with van der Waals surface area (Å²) in [7, 11) is 0. The van der Waals surface area contributed by atoms with Crippen molar-refractivity contribution < 1.29 is 13.6 Å². The third kappa shape index (κ3) is 4.14. The van der Waals surface area contributed by atoms with Crippen molar-refractivity contribution in [2.24, 2.45) is 0 Å². The predicted molar refractivity (Wildman–Crippen MR) is 99.2 cm³/mol. The summed E-state index contributed by atoms with van der Waals surface area (Å²) in [5.74, 6) is 2.43. The van der Waals surface area contributed by atoms with Crippen LogP contribution in [0.5, 0.6) is 5.75 Å². The lowest BCUT2D eigenvalue weighted by Crippen LogP contribution is -1.95. The SMILES string of the molecule is Cc1ccc(OCc2nnc(SCc3coc(-c4cccs4)n3)o2)cc1. The molecule has 0 aliphatic carbocycles. The lowest BCUT2D eigenvalue weighted by Gasteiger charge is -2.02. The monoisotopic (exact) mass is 385 g/mol. The van der Waals surface area contributed by atoms with Gasteiger partial charge >= 0.3 is 0 Å². The van der Waals surface area contributed by atoms with Crippen LogP contribution in [0.3, 0.4) is 0 Å². The highest BCUT2D eigenvalue weighted by molar-refractivity contribution is 7.98. The van der Waals surface area contributed by atoms with E-state index in [0.717, 1.165) is 16.3 Å². The lowest BCUT2D eigenvalue weighted by atomic mass is 10.2. The quantitative estimate of drug-likeness (QED) is 0.416. The molecule has 6 nitrogen and oxygen atoms in total. The van der Waals surface area contributed by atoms with Crippen LogP contribution in [0.4, 0.5) is 0 Å². The van der Waals surface area contributed by atoms with E-state index in [1.165, 1.54) is 17.3 Å². The molecule has 0 aliphatic heterocycles. The maximum absolute atomic E-state index is 5.64. The molecule has 0 bridgehead atoms. The fourth-order valence-corrected chi connectivity index (χ4v) is 3.47. The maximum atomic E-state index is 5.64. The van der Waals surface area contributed by atoms with Gasteiger partial charge in [0.05, 0.1) is 10.6 Å². The topological polar surface area (TPSA) is 74.2 Å². The summed E-state index contributed by atoms with van der Waals surface area (Å²) in [5.41, 5.74) is 2.01. The Morgan fingerprint density at radius 3 is 2.85 bits per heavy atom. The predicted octanol–water partition coefficient (Wildman–Crippen LogP) is 4.97. The third-order valence-electron chi connectivity index (χ3n) is 3.46. The van der Waals surface area contributed by atoms with Crippen molar-refractivity contribution in [1.29, 1.82) is 0 Å². The second kappa shape index (κ2) is 7.76. The van der Waals surface area contributed by atoms with E-state index in [2.05, 4.69) is 15.2 Å². The minimum atomic E-state index is 0.239. The van der Waals surface area contributed by atoms with Crippen molar-refractivity contribution in [3.63, 3.8) is 0 Å². The van der Waals surface area contributed by atoms with Crippen molar-refractivity contribution in [3.8, 4) is 16.5 Å². The summed E-state index contributed by atoms with van der Waals surface area (Å²) in [5, 5.41) is 10.5. The second-order valence-electron chi connectivity index (χ2n) is 5.47. The molecule has 0 saturated heterocycles. The molecule has 4 rings (SSSR count). The Balaban J connectivity index is 1.30. The average Bonchev–Trinajstić information content (AvgIpc) is 3.40. The van der Waals surface area contributed by atoms with E-state index in [4.69, 9.17) is 13.6 Å². The van der Waals surface area contributed by atoms with E-state index in [9.17, 15) is 0 Å². The highest BCUT2D eigenvalue weighted by Crippen LogP contribution is 2.26. The zero-order chi connectivity index (χ0) is 17.8. The molecule has 132 valence electrons. The molecule has 26 heavy (non-hydrogen) atoms. The Bertz CT molecular complexity index is 962. The molecule has 8 heteroatoms. The Morgan fingerprint density at radius 1 is 1.15 bits per heavy atom. The molecule has 3 aromatic heterocycles. The molecule has 0 spiro atoms. The zero-order valence-electron chi connectivity index (χ0n) is 13.9. The molecular weight excluding hydrogens is 370 g/mol. The van der Waals surface area contributed by atoms with Gasteiger partial charge < -0.3 is 13.6 Å². The summed E-state index contributed by atoms with van der Waals surface area (Å²) in [4.78, 5) is 5.47. The number of thiophene rings is 1. The van der Waals surface area contributed by atoms with Gasteiger partial charge in [-0.1, -0.05) is 35.5 Å². The molecule has 0 fully saturated rings. The van der Waals surface area contributed by atoms with Gasteiger partial charge in [-0.25, -0.2) is 4.98 Å². The Morgan fingerprint density at radius 2 is 2.04 bits per heavy atom. The van der Waals surface area contributed by atoms with Gasteiger partial charge in [-0.3, -0.25) is 0 Å². The Labute approximate surface area is 158 Å². The van der Waals surface area contributed by atoms with Crippen LogP contribution >= 0.6 is 23.1 Å².